The normalized spacial score (nSPS) is 25.9. The van der Waals surface area contributed by atoms with Crippen molar-refractivity contribution < 1.29 is 4.79 Å². The molecule has 0 aromatic carbocycles. The van der Waals surface area contributed by atoms with Crippen molar-refractivity contribution in [3.05, 3.63) is 0 Å². The third kappa shape index (κ3) is 3.80. The van der Waals surface area contributed by atoms with Gasteiger partial charge in [0.05, 0.1) is 0 Å². The van der Waals surface area contributed by atoms with Crippen molar-refractivity contribution >= 4 is 5.91 Å². The lowest BCUT2D eigenvalue weighted by atomic mass is 9.95. The molecule has 0 heterocycles. The molecule has 3 N–H and O–H groups in total. The average molecular weight is 213 g/mol. The molecule has 1 saturated carbocycles. The predicted molar refractivity (Wildman–Crippen MR) is 61.4 cm³/mol. The predicted octanol–water partition coefficient (Wildman–Crippen LogP) is 0.0392. The number of hydrogen-bond donors (Lipinski definition) is 2. The zero-order valence-electron chi connectivity index (χ0n) is 9.83. The minimum absolute atomic E-state index is 0.164. The summed E-state index contributed by atoms with van der Waals surface area (Å²) in [5, 5.41) is 2.98. The summed E-state index contributed by atoms with van der Waals surface area (Å²) in [5.41, 5.74) is 5.65. The molecule has 0 aliphatic heterocycles. The second kappa shape index (κ2) is 6.08. The van der Waals surface area contributed by atoms with Crippen LogP contribution in [0, 0.1) is 11.8 Å². The molecule has 4 heteroatoms. The molecule has 0 spiro atoms. The van der Waals surface area contributed by atoms with E-state index in [1.54, 1.807) is 0 Å². The molecule has 4 nitrogen and oxygen atoms in total. The summed E-state index contributed by atoms with van der Waals surface area (Å²) in [6.07, 6.45) is 3.27. The largest absolute Gasteiger partial charge is 0.355 e. The minimum Gasteiger partial charge on any atom is -0.355 e. The second-order valence-electron chi connectivity index (χ2n) is 4.63. The minimum atomic E-state index is 0.164. The van der Waals surface area contributed by atoms with Gasteiger partial charge in [0, 0.05) is 19.0 Å². The standard InChI is InChI=1S/C11H23N3O/c1-14(2)7-6-13-11(15)10-5-3-4-9(10)8-12/h9-10H,3-8,12H2,1-2H3,(H,13,15). The van der Waals surface area contributed by atoms with Gasteiger partial charge in [-0.1, -0.05) is 6.42 Å². The van der Waals surface area contributed by atoms with Gasteiger partial charge in [-0.05, 0) is 39.4 Å². The Hall–Kier alpha value is -0.610. The molecule has 0 bridgehead atoms. The first-order valence-electron chi connectivity index (χ1n) is 5.77. The van der Waals surface area contributed by atoms with E-state index in [4.69, 9.17) is 5.73 Å². The number of likely N-dealkylation sites (N-methyl/N-ethyl adjacent to an activating group) is 1. The Balaban J connectivity index is 2.27. The Morgan fingerprint density at radius 3 is 2.80 bits per heavy atom. The van der Waals surface area contributed by atoms with E-state index in [2.05, 4.69) is 10.2 Å². The van der Waals surface area contributed by atoms with Gasteiger partial charge < -0.3 is 16.0 Å². The van der Waals surface area contributed by atoms with Crippen LogP contribution in [0.25, 0.3) is 0 Å². The number of carbonyl (C=O) groups excluding carboxylic acids is 1. The van der Waals surface area contributed by atoms with Gasteiger partial charge in [0.2, 0.25) is 5.91 Å². The number of amides is 1. The van der Waals surface area contributed by atoms with Crippen LogP contribution in [0.5, 0.6) is 0 Å². The van der Waals surface area contributed by atoms with Gasteiger partial charge in [0.25, 0.3) is 0 Å². The van der Waals surface area contributed by atoms with Crippen LogP contribution in [0.1, 0.15) is 19.3 Å². The monoisotopic (exact) mass is 213 g/mol. The maximum absolute atomic E-state index is 11.8. The molecule has 0 aromatic heterocycles. The highest BCUT2D eigenvalue weighted by atomic mass is 16.1. The lowest BCUT2D eigenvalue weighted by molar-refractivity contribution is -0.125. The molecular formula is C11H23N3O. The molecule has 2 unspecified atom stereocenters. The highest BCUT2D eigenvalue weighted by molar-refractivity contribution is 5.79. The van der Waals surface area contributed by atoms with Crippen molar-refractivity contribution in [2.75, 3.05) is 33.7 Å². The summed E-state index contributed by atoms with van der Waals surface area (Å²) in [6.45, 7) is 2.27. The summed E-state index contributed by atoms with van der Waals surface area (Å²) in [4.78, 5) is 13.9. The first kappa shape index (κ1) is 12.5. The lowest BCUT2D eigenvalue weighted by Gasteiger charge is -2.18. The van der Waals surface area contributed by atoms with Crippen LogP contribution in [-0.2, 0) is 4.79 Å². The number of hydrogen-bond acceptors (Lipinski definition) is 3. The van der Waals surface area contributed by atoms with Gasteiger partial charge in [-0.2, -0.15) is 0 Å². The Bertz CT molecular complexity index is 206. The Labute approximate surface area is 92.2 Å². The number of nitrogens with two attached hydrogens (primary N) is 1. The zero-order chi connectivity index (χ0) is 11.3. The summed E-state index contributed by atoms with van der Waals surface area (Å²) >= 11 is 0. The summed E-state index contributed by atoms with van der Waals surface area (Å²) < 4.78 is 0. The molecule has 1 amide bonds. The van der Waals surface area contributed by atoms with E-state index in [1.165, 1.54) is 0 Å². The molecule has 1 aliphatic rings. The highest BCUT2D eigenvalue weighted by Crippen LogP contribution is 2.30. The Kier molecular flexibility index (Phi) is 5.05. The van der Waals surface area contributed by atoms with Crippen molar-refractivity contribution in [1.82, 2.24) is 10.2 Å². The molecule has 15 heavy (non-hydrogen) atoms. The van der Waals surface area contributed by atoms with E-state index in [0.717, 1.165) is 32.4 Å². The maximum atomic E-state index is 11.8. The van der Waals surface area contributed by atoms with E-state index < -0.39 is 0 Å². The Morgan fingerprint density at radius 1 is 1.47 bits per heavy atom. The van der Waals surface area contributed by atoms with E-state index in [1.807, 2.05) is 14.1 Å². The van der Waals surface area contributed by atoms with Crippen molar-refractivity contribution in [2.24, 2.45) is 17.6 Å². The van der Waals surface area contributed by atoms with Gasteiger partial charge in [0.15, 0.2) is 0 Å². The third-order valence-electron chi connectivity index (χ3n) is 3.16. The van der Waals surface area contributed by atoms with Gasteiger partial charge in [-0.25, -0.2) is 0 Å². The van der Waals surface area contributed by atoms with Crippen LogP contribution in [-0.4, -0.2) is 44.5 Å². The van der Waals surface area contributed by atoms with Crippen LogP contribution in [0.3, 0.4) is 0 Å². The van der Waals surface area contributed by atoms with Gasteiger partial charge in [-0.3, -0.25) is 4.79 Å². The number of nitrogens with one attached hydrogen (secondary N) is 1. The van der Waals surface area contributed by atoms with Gasteiger partial charge >= 0.3 is 0 Å². The third-order valence-corrected chi connectivity index (χ3v) is 3.16. The molecule has 1 aliphatic carbocycles. The number of rotatable bonds is 5. The zero-order valence-corrected chi connectivity index (χ0v) is 9.83. The van der Waals surface area contributed by atoms with Crippen LogP contribution in [0.4, 0.5) is 0 Å². The fourth-order valence-electron chi connectivity index (χ4n) is 2.20. The molecule has 1 rings (SSSR count). The molecule has 2 atom stereocenters. The number of nitrogens with zero attached hydrogens (tertiary/aromatic N) is 1. The quantitative estimate of drug-likeness (QED) is 0.678. The SMILES string of the molecule is CN(C)CCNC(=O)C1CCCC1CN. The maximum Gasteiger partial charge on any atom is 0.223 e. The smallest absolute Gasteiger partial charge is 0.223 e. The topological polar surface area (TPSA) is 58.4 Å². The van der Waals surface area contributed by atoms with E-state index in [-0.39, 0.29) is 11.8 Å². The first-order valence-corrected chi connectivity index (χ1v) is 5.77. The van der Waals surface area contributed by atoms with Crippen molar-refractivity contribution in [2.45, 2.75) is 19.3 Å². The fraction of sp³-hybridized carbons (Fsp3) is 0.909. The van der Waals surface area contributed by atoms with E-state index in [9.17, 15) is 4.79 Å². The molecule has 0 radical (unpaired) electrons. The van der Waals surface area contributed by atoms with Crippen LogP contribution in [0.15, 0.2) is 0 Å². The first-order chi connectivity index (χ1) is 7.15. The van der Waals surface area contributed by atoms with Crippen LogP contribution >= 0.6 is 0 Å². The Morgan fingerprint density at radius 2 is 2.20 bits per heavy atom. The highest BCUT2D eigenvalue weighted by Gasteiger charge is 2.31. The van der Waals surface area contributed by atoms with Crippen molar-refractivity contribution in [3.8, 4) is 0 Å². The number of carbonyl (C=O) groups is 1. The fourth-order valence-corrected chi connectivity index (χ4v) is 2.20. The molecule has 0 saturated heterocycles. The van der Waals surface area contributed by atoms with E-state index >= 15 is 0 Å². The van der Waals surface area contributed by atoms with Crippen LogP contribution < -0.4 is 11.1 Å². The van der Waals surface area contributed by atoms with Crippen molar-refractivity contribution in [3.63, 3.8) is 0 Å². The molecule has 0 aromatic rings. The molecular weight excluding hydrogens is 190 g/mol. The summed E-state index contributed by atoms with van der Waals surface area (Å²) in [5.74, 6) is 0.770. The van der Waals surface area contributed by atoms with Crippen LogP contribution in [0.2, 0.25) is 0 Å². The molecule has 88 valence electrons. The lowest BCUT2D eigenvalue weighted by Crippen LogP contribution is -2.38. The van der Waals surface area contributed by atoms with Gasteiger partial charge in [-0.15, -0.1) is 0 Å². The summed E-state index contributed by atoms with van der Waals surface area (Å²) in [7, 11) is 4.01. The van der Waals surface area contributed by atoms with E-state index in [0.29, 0.717) is 12.5 Å². The van der Waals surface area contributed by atoms with Gasteiger partial charge in [0.1, 0.15) is 0 Å². The second-order valence-corrected chi connectivity index (χ2v) is 4.63. The summed E-state index contributed by atoms with van der Waals surface area (Å²) in [6, 6.07) is 0. The molecule has 1 fully saturated rings. The average Bonchev–Trinajstić information content (AvgIpc) is 2.64. The van der Waals surface area contributed by atoms with Crippen molar-refractivity contribution in [1.29, 1.82) is 0 Å².